The van der Waals surface area contributed by atoms with Gasteiger partial charge < -0.3 is 14.4 Å². The van der Waals surface area contributed by atoms with Gasteiger partial charge in [-0.2, -0.15) is 5.23 Å². The minimum atomic E-state index is -1.01. The van der Waals surface area contributed by atoms with Crippen LogP contribution in [0.5, 0.6) is 0 Å². The molecule has 2 heterocycles. The average molecular weight is 362 g/mol. The van der Waals surface area contributed by atoms with Gasteiger partial charge in [0.2, 0.25) is 5.90 Å². The smallest absolute Gasteiger partial charge is 0.363 e. The molecule has 0 aliphatic carbocycles. The van der Waals surface area contributed by atoms with Crippen LogP contribution in [-0.2, 0) is 9.53 Å². The summed E-state index contributed by atoms with van der Waals surface area (Å²) in [4.78, 5) is 16.3. The molecule has 4 rings (SSSR count). The van der Waals surface area contributed by atoms with Gasteiger partial charge >= 0.3 is 5.97 Å². The molecule has 1 atom stereocenters. The fourth-order valence-corrected chi connectivity index (χ4v) is 2.64. The Labute approximate surface area is 154 Å². The lowest BCUT2D eigenvalue weighted by Gasteiger charge is -2.11. The monoisotopic (exact) mass is 362 g/mol. The van der Waals surface area contributed by atoms with Crippen LogP contribution in [0.2, 0.25) is 0 Å². The number of hydrogen-bond donors (Lipinski definition) is 2. The third kappa shape index (κ3) is 3.56. The van der Waals surface area contributed by atoms with Crippen molar-refractivity contribution in [3.63, 3.8) is 0 Å². The van der Waals surface area contributed by atoms with E-state index in [2.05, 4.69) is 4.99 Å². The number of nitrogens with zero attached hydrogens (tertiary/aromatic N) is 1. The number of furan rings is 1. The molecule has 0 fully saturated rings. The summed E-state index contributed by atoms with van der Waals surface area (Å²) in [7, 11) is 0. The van der Waals surface area contributed by atoms with Gasteiger partial charge in [-0.3, -0.25) is 0 Å². The van der Waals surface area contributed by atoms with E-state index >= 15 is 0 Å². The summed E-state index contributed by atoms with van der Waals surface area (Å²) in [6, 6.07) is 18.9. The molecule has 1 aromatic heterocycles. The van der Waals surface area contributed by atoms with Crippen LogP contribution in [-0.4, -0.2) is 17.1 Å². The van der Waals surface area contributed by atoms with E-state index < -0.39 is 11.2 Å². The van der Waals surface area contributed by atoms with Crippen molar-refractivity contribution in [1.29, 1.82) is 0 Å². The van der Waals surface area contributed by atoms with Crippen LogP contribution in [0, 0.1) is 5.21 Å². The van der Waals surface area contributed by atoms with Crippen molar-refractivity contribution in [1.82, 2.24) is 0 Å². The van der Waals surface area contributed by atoms with E-state index in [1.54, 1.807) is 36.4 Å². The molecule has 1 unspecified atom stereocenters. The lowest BCUT2D eigenvalue weighted by molar-refractivity contribution is -0.991. The Hall–Kier alpha value is -3.52. The maximum absolute atomic E-state index is 12.0. The Kier molecular flexibility index (Phi) is 4.39. The maximum Gasteiger partial charge on any atom is 0.363 e. The molecule has 27 heavy (non-hydrogen) atoms. The molecule has 0 bridgehead atoms. The highest BCUT2D eigenvalue weighted by molar-refractivity contribution is 6.12. The molecule has 1 aliphatic heterocycles. The molecule has 0 radical (unpaired) electrons. The number of cyclic esters (lactones) is 1. The number of aliphatic imine (C=N–C) groups is 1. The van der Waals surface area contributed by atoms with Crippen molar-refractivity contribution in [2.24, 2.45) is 4.99 Å². The number of benzene rings is 2. The molecule has 3 aromatic rings. The normalized spacial score (nSPS) is 16.3. The summed E-state index contributed by atoms with van der Waals surface area (Å²) in [6.07, 6.45) is 1.49. The Morgan fingerprint density at radius 1 is 1.00 bits per heavy atom. The van der Waals surface area contributed by atoms with Crippen molar-refractivity contribution in [3.05, 3.63) is 89.0 Å². The zero-order chi connectivity index (χ0) is 18.8. The molecule has 0 saturated heterocycles. The Bertz CT molecular complexity index is 1050. The Balaban J connectivity index is 1.61. The summed E-state index contributed by atoms with van der Waals surface area (Å²) in [5.41, 5.74) is 1.64. The van der Waals surface area contributed by atoms with Gasteiger partial charge in [-0.05, 0) is 24.3 Å². The number of carbonyl (C=O) groups excluding carboxylic acids is 1. The second kappa shape index (κ2) is 7.00. The molecular weight excluding hydrogens is 348 g/mol. The molecular formula is C20H14N2O5. The van der Waals surface area contributed by atoms with Crippen molar-refractivity contribution in [3.8, 4) is 11.3 Å². The van der Waals surface area contributed by atoms with E-state index in [0.717, 1.165) is 0 Å². The highest BCUT2D eigenvalue weighted by Crippen LogP contribution is 2.26. The second-order valence-corrected chi connectivity index (χ2v) is 5.79. The number of carbonyl (C=O) groups is 1. The molecule has 1 aliphatic rings. The van der Waals surface area contributed by atoms with Crippen LogP contribution in [0.15, 0.2) is 81.8 Å². The van der Waals surface area contributed by atoms with Gasteiger partial charge in [0.1, 0.15) is 11.5 Å². The van der Waals surface area contributed by atoms with E-state index in [1.165, 1.54) is 18.2 Å². The maximum atomic E-state index is 12.0. The summed E-state index contributed by atoms with van der Waals surface area (Å²) in [5.74, 6) is 0.590. The molecule has 2 aromatic carbocycles. The van der Waals surface area contributed by atoms with E-state index in [4.69, 9.17) is 14.4 Å². The SMILES string of the molecule is O=C1OC(c2ccccc2)=NC1=Cc1ccc(-c2cccc([NH+]([O-])O)c2)o1. The average Bonchev–Trinajstić information content (AvgIpc) is 3.30. The van der Waals surface area contributed by atoms with Crippen LogP contribution in [0.25, 0.3) is 17.4 Å². The molecule has 2 N–H and O–H groups in total. The summed E-state index contributed by atoms with van der Waals surface area (Å²) < 4.78 is 10.9. The van der Waals surface area contributed by atoms with Gasteiger partial charge in [0.05, 0.1) is 0 Å². The number of ether oxygens (including phenoxy) is 1. The fourth-order valence-electron chi connectivity index (χ4n) is 2.64. The zero-order valence-electron chi connectivity index (χ0n) is 14.0. The topological polar surface area (TPSA) is 99.5 Å². The lowest BCUT2D eigenvalue weighted by atomic mass is 10.1. The number of rotatable bonds is 4. The van der Waals surface area contributed by atoms with E-state index in [0.29, 0.717) is 22.6 Å². The number of esters is 1. The molecule has 134 valence electrons. The highest BCUT2D eigenvalue weighted by Gasteiger charge is 2.24. The van der Waals surface area contributed by atoms with Crippen LogP contribution >= 0.6 is 0 Å². The van der Waals surface area contributed by atoms with Crippen molar-refractivity contribution < 1.29 is 24.4 Å². The first-order chi connectivity index (χ1) is 13.1. The fraction of sp³-hybridized carbons (Fsp3) is 0. The summed E-state index contributed by atoms with van der Waals surface area (Å²) in [5, 5.41) is 19.2. The van der Waals surface area contributed by atoms with Crippen LogP contribution in [0.1, 0.15) is 11.3 Å². The minimum absolute atomic E-state index is 0.133. The van der Waals surface area contributed by atoms with Crippen molar-refractivity contribution in [2.45, 2.75) is 0 Å². The van der Waals surface area contributed by atoms with Crippen molar-refractivity contribution in [2.75, 3.05) is 0 Å². The second-order valence-electron chi connectivity index (χ2n) is 5.79. The molecule has 0 saturated carbocycles. The third-order valence-corrected chi connectivity index (χ3v) is 3.94. The van der Waals surface area contributed by atoms with Crippen LogP contribution in [0.4, 0.5) is 5.69 Å². The van der Waals surface area contributed by atoms with Gasteiger partial charge in [0.25, 0.3) is 0 Å². The largest absolute Gasteiger partial charge is 0.595 e. The van der Waals surface area contributed by atoms with Gasteiger partial charge in [0.15, 0.2) is 11.4 Å². The molecule has 0 spiro atoms. The summed E-state index contributed by atoms with van der Waals surface area (Å²) >= 11 is 0. The van der Waals surface area contributed by atoms with E-state index in [9.17, 15) is 10.0 Å². The minimum Gasteiger partial charge on any atom is -0.595 e. The quantitative estimate of drug-likeness (QED) is 0.422. The highest BCUT2D eigenvalue weighted by atomic mass is 16.8. The van der Waals surface area contributed by atoms with Gasteiger partial charge in [0, 0.05) is 29.3 Å². The van der Waals surface area contributed by atoms with Gasteiger partial charge in [-0.25, -0.2) is 15.0 Å². The van der Waals surface area contributed by atoms with Crippen molar-refractivity contribution >= 4 is 23.6 Å². The number of quaternary nitrogens is 1. The van der Waals surface area contributed by atoms with Gasteiger partial charge in [-0.15, -0.1) is 0 Å². The standard InChI is InChI=1S/C20H14N2O5/c23-20-17(21-19(27-20)13-5-2-1-3-6-13)12-16-9-10-18(26-16)14-7-4-8-15(11-14)22(24)25/h1-12,22,24H. The first-order valence-corrected chi connectivity index (χ1v) is 8.12. The predicted molar refractivity (Wildman–Crippen MR) is 97.0 cm³/mol. The molecule has 7 nitrogen and oxygen atoms in total. The molecule has 7 heteroatoms. The van der Waals surface area contributed by atoms with E-state index in [-0.39, 0.29) is 17.3 Å². The summed E-state index contributed by atoms with van der Waals surface area (Å²) in [6.45, 7) is 0. The zero-order valence-corrected chi connectivity index (χ0v) is 14.0. The first kappa shape index (κ1) is 16.9. The first-order valence-electron chi connectivity index (χ1n) is 8.12. The Morgan fingerprint density at radius 3 is 2.56 bits per heavy atom. The molecule has 0 amide bonds. The predicted octanol–water partition coefficient (Wildman–Crippen LogP) is 2.69. The number of hydrogen-bond acceptors (Lipinski definition) is 6. The van der Waals surface area contributed by atoms with Crippen LogP contribution < -0.4 is 5.23 Å². The van der Waals surface area contributed by atoms with E-state index in [1.807, 2.05) is 18.2 Å². The van der Waals surface area contributed by atoms with Gasteiger partial charge in [-0.1, -0.05) is 30.3 Å². The third-order valence-electron chi connectivity index (χ3n) is 3.94. The lowest BCUT2D eigenvalue weighted by Crippen LogP contribution is -2.99. The van der Waals surface area contributed by atoms with Crippen LogP contribution in [0.3, 0.4) is 0 Å². The Morgan fingerprint density at radius 2 is 1.78 bits per heavy atom. The number of nitrogens with one attached hydrogen (secondary N) is 1.